The topological polar surface area (TPSA) is 110 Å². The highest BCUT2D eigenvalue weighted by molar-refractivity contribution is 8.03. The molecule has 0 unspecified atom stereocenters. The number of benzene rings is 3. The van der Waals surface area contributed by atoms with E-state index in [2.05, 4.69) is 15.5 Å². The van der Waals surface area contributed by atoms with Crippen molar-refractivity contribution in [2.75, 3.05) is 5.32 Å². The Kier molecular flexibility index (Phi) is 7.25. The van der Waals surface area contributed by atoms with Crippen molar-refractivity contribution in [3.8, 4) is 11.5 Å². The minimum Gasteiger partial charge on any atom is -0.477 e. The predicted octanol–water partition coefficient (Wildman–Crippen LogP) is 6.34. The van der Waals surface area contributed by atoms with Gasteiger partial charge in [0, 0.05) is 38.9 Å². The van der Waals surface area contributed by atoms with Crippen LogP contribution in [0, 0.1) is 5.82 Å². The number of nitrogens with zero attached hydrogens (tertiary/aromatic N) is 3. The number of para-hydroxylation sites is 1. The van der Waals surface area contributed by atoms with E-state index in [1.165, 1.54) is 30.3 Å². The number of halogens is 2. The summed E-state index contributed by atoms with van der Waals surface area (Å²) in [6.07, 6.45) is 3.20. The molecule has 38 heavy (non-hydrogen) atoms. The quantitative estimate of drug-likeness (QED) is 0.172. The van der Waals surface area contributed by atoms with Crippen LogP contribution in [0.3, 0.4) is 0 Å². The Morgan fingerprint density at radius 2 is 1.79 bits per heavy atom. The Morgan fingerprint density at radius 3 is 2.53 bits per heavy atom. The molecule has 0 aliphatic rings. The maximum atomic E-state index is 13.2. The zero-order chi connectivity index (χ0) is 26.6. The Hall–Kier alpha value is -4.41. The number of carboxylic acids is 1. The number of hydrogen-bond acceptors (Lipinski definition) is 6. The van der Waals surface area contributed by atoms with Crippen molar-refractivity contribution in [1.29, 1.82) is 0 Å². The Balaban J connectivity index is 1.40. The summed E-state index contributed by atoms with van der Waals surface area (Å²) in [5.74, 6) is -1.66. The molecule has 2 aromatic heterocycles. The maximum absolute atomic E-state index is 13.2. The Bertz CT molecular complexity index is 1660. The van der Waals surface area contributed by atoms with E-state index in [9.17, 15) is 19.1 Å². The zero-order valence-corrected chi connectivity index (χ0v) is 21.0. The standard InChI is InChI=1S/C27H18ClFN4O4S/c28-18-7-5-16(6-8-18)25-31-32-27(37-25)38-23(26(35)36)13-17-14-33(22-4-2-1-3-21(17)22)15-24(34)30-20-11-9-19(29)10-12-20/h1-14H,15H2,(H,30,34)(H,35,36)/b23-13-. The third-order valence-corrected chi connectivity index (χ3v) is 6.56. The van der Waals surface area contributed by atoms with Gasteiger partial charge < -0.3 is 19.4 Å². The van der Waals surface area contributed by atoms with Crippen LogP contribution in [0.1, 0.15) is 5.56 Å². The summed E-state index contributed by atoms with van der Waals surface area (Å²) < 4.78 is 20.5. The molecule has 190 valence electrons. The smallest absolute Gasteiger partial charge is 0.342 e. The lowest BCUT2D eigenvalue weighted by atomic mass is 10.1. The number of carbonyl (C=O) groups excluding carboxylic acids is 1. The Labute approximate surface area is 224 Å². The second-order valence-electron chi connectivity index (χ2n) is 8.08. The van der Waals surface area contributed by atoms with E-state index in [1.54, 1.807) is 35.0 Å². The second-order valence-corrected chi connectivity index (χ2v) is 9.51. The molecule has 0 saturated heterocycles. The fourth-order valence-corrected chi connectivity index (χ4v) is 4.53. The first-order chi connectivity index (χ1) is 18.4. The largest absolute Gasteiger partial charge is 0.477 e. The van der Waals surface area contributed by atoms with Gasteiger partial charge in [0.1, 0.15) is 17.3 Å². The molecule has 3 aromatic carbocycles. The number of carboxylic acid groups (broad SMARTS) is 1. The normalized spacial score (nSPS) is 11.6. The van der Waals surface area contributed by atoms with Gasteiger partial charge in [-0.1, -0.05) is 29.8 Å². The van der Waals surface area contributed by atoms with E-state index in [0.717, 1.165) is 22.7 Å². The molecule has 0 saturated carbocycles. The van der Waals surface area contributed by atoms with E-state index in [4.69, 9.17) is 16.0 Å². The molecule has 0 atom stereocenters. The zero-order valence-electron chi connectivity index (χ0n) is 19.5. The predicted molar refractivity (Wildman–Crippen MR) is 143 cm³/mol. The lowest BCUT2D eigenvalue weighted by molar-refractivity contribution is -0.131. The van der Waals surface area contributed by atoms with Crippen LogP contribution in [0.5, 0.6) is 0 Å². The second kappa shape index (κ2) is 10.9. The van der Waals surface area contributed by atoms with E-state index < -0.39 is 11.8 Å². The SMILES string of the molecule is O=C(Cn1cc(/C=C(\Sc2nnc(-c3ccc(Cl)cc3)o2)C(=O)O)c2ccccc21)Nc1ccc(F)cc1. The fourth-order valence-electron chi connectivity index (χ4n) is 3.74. The highest BCUT2D eigenvalue weighted by Gasteiger charge is 2.18. The number of anilines is 1. The molecule has 0 bridgehead atoms. The van der Waals surface area contributed by atoms with Gasteiger partial charge in [0.15, 0.2) is 0 Å². The number of nitrogens with one attached hydrogen (secondary N) is 1. The van der Waals surface area contributed by atoms with Crippen molar-refractivity contribution < 1.29 is 23.5 Å². The molecule has 11 heteroatoms. The van der Waals surface area contributed by atoms with E-state index in [1.807, 2.05) is 24.3 Å². The molecule has 2 N–H and O–H groups in total. The number of aromatic nitrogens is 3. The highest BCUT2D eigenvalue weighted by Crippen LogP contribution is 2.32. The van der Waals surface area contributed by atoms with E-state index >= 15 is 0 Å². The number of rotatable bonds is 8. The van der Waals surface area contributed by atoms with Crippen molar-refractivity contribution in [3.05, 3.63) is 100 Å². The number of amides is 1. The molecule has 1 amide bonds. The lowest BCUT2D eigenvalue weighted by Crippen LogP contribution is -2.18. The van der Waals surface area contributed by atoms with Crippen LogP contribution in [0.4, 0.5) is 10.1 Å². The van der Waals surface area contributed by atoms with Gasteiger partial charge in [-0.3, -0.25) is 4.79 Å². The number of aliphatic carboxylic acids is 1. The van der Waals surface area contributed by atoms with Crippen LogP contribution in [0.2, 0.25) is 5.02 Å². The molecule has 0 fully saturated rings. The lowest BCUT2D eigenvalue weighted by Gasteiger charge is -2.07. The molecule has 8 nitrogen and oxygen atoms in total. The van der Waals surface area contributed by atoms with Crippen LogP contribution in [-0.4, -0.2) is 31.7 Å². The van der Waals surface area contributed by atoms with Crippen LogP contribution < -0.4 is 5.32 Å². The van der Waals surface area contributed by atoms with Crippen molar-refractivity contribution in [3.63, 3.8) is 0 Å². The van der Waals surface area contributed by atoms with Gasteiger partial charge in [0.25, 0.3) is 5.22 Å². The minimum atomic E-state index is -1.17. The summed E-state index contributed by atoms with van der Waals surface area (Å²) >= 11 is 6.74. The Morgan fingerprint density at radius 1 is 1.05 bits per heavy atom. The van der Waals surface area contributed by atoms with Gasteiger partial charge in [-0.15, -0.1) is 10.2 Å². The molecule has 0 spiro atoms. The molecular formula is C27H18ClFN4O4S. The van der Waals surface area contributed by atoms with Gasteiger partial charge in [-0.2, -0.15) is 0 Å². The van der Waals surface area contributed by atoms with Gasteiger partial charge in [0.05, 0.1) is 0 Å². The third-order valence-electron chi connectivity index (χ3n) is 5.45. The molecule has 0 radical (unpaired) electrons. The molecule has 0 aliphatic carbocycles. The summed E-state index contributed by atoms with van der Waals surface area (Å²) in [5, 5.41) is 21.9. The van der Waals surface area contributed by atoms with Crippen molar-refractivity contribution in [2.24, 2.45) is 0 Å². The summed E-state index contributed by atoms with van der Waals surface area (Å²) in [6.45, 7) is -0.0324. The first kappa shape index (κ1) is 25.2. The number of fused-ring (bicyclic) bond motifs is 1. The van der Waals surface area contributed by atoms with Crippen molar-refractivity contribution in [2.45, 2.75) is 11.8 Å². The fraction of sp³-hybridized carbons (Fsp3) is 0.0370. The first-order valence-electron chi connectivity index (χ1n) is 11.2. The van der Waals surface area contributed by atoms with Gasteiger partial charge in [-0.05, 0) is 72.4 Å². The van der Waals surface area contributed by atoms with Gasteiger partial charge in [-0.25, -0.2) is 9.18 Å². The van der Waals surface area contributed by atoms with Crippen LogP contribution >= 0.6 is 23.4 Å². The maximum Gasteiger partial charge on any atom is 0.342 e. The molecule has 0 aliphatic heterocycles. The van der Waals surface area contributed by atoms with Gasteiger partial charge in [0.2, 0.25) is 11.8 Å². The molecule has 5 aromatic rings. The molecule has 5 rings (SSSR count). The van der Waals surface area contributed by atoms with Crippen LogP contribution in [0.15, 0.2) is 93.5 Å². The molecular weight excluding hydrogens is 531 g/mol. The monoisotopic (exact) mass is 548 g/mol. The average molecular weight is 549 g/mol. The third kappa shape index (κ3) is 5.77. The number of carbonyl (C=O) groups is 2. The highest BCUT2D eigenvalue weighted by atomic mass is 35.5. The van der Waals surface area contributed by atoms with E-state index in [0.29, 0.717) is 21.8 Å². The summed E-state index contributed by atoms with van der Waals surface area (Å²) in [4.78, 5) is 24.7. The summed E-state index contributed by atoms with van der Waals surface area (Å²) in [5.41, 5.74) is 2.45. The number of hydrogen-bond donors (Lipinski definition) is 2. The van der Waals surface area contributed by atoms with Crippen LogP contribution in [0.25, 0.3) is 28.4 Å². The summed E-state index contributed by atoms with van der Waals surface area (Å²) in [7, 11) is 0. The average Bonchev–Trinajstić information content (AvgIpc) is 3.50. The van der Waals surface area contributed by atoms with E-state index in [-0.39, 0.29) is 28.5 Å². The van der Waals surface area contributed by atoms with Crippen molar-refractivity contribution in [1.82, 2.24) is 14.8 Å². The first-order valence-corrected chi connectivity index (χ1v) is 12.4. The number of thioether (sulfide) groups is 1. The summed E-state index contributed by atoms with van der Waals surface area (Å²) in [6, 6.07) is 19.6. The van der Waals surface area contributed by atoms with Crippen molar-refractivity contribution >= 4 is 57.9 Å². The van der Waals surface area contributed by atoms with Gasteiger partial charge >= 0.3 is 5.97 Å². The molecule has 2 heterocycles. The van der Waals surface area contributed by atoms with Crippen LogP contribution in [-0.2, 0) is 16.1 Å². The minimum absolute atomic E-state index is 0.0324.